The first-order valence-corrected chi connectivity index (χ1v) is 9.81. The van der Waals surface area contributed by atoms with Crippen LogP contribution in [-0.2, 0) is 19.1 Å². The van der Waals surface area contributed by atoms with Gasteiger partial charge in [-0.15, -0.1) is 11.6 Å². The van der Waals surface area contributed by atoms with Crippen LogP contribution in [0.15, 0.2) is 12.2 Å². The van der Waals surface area contributed by atoms with Crippen molar-refractivity contribution in [1.82, 2.24) is 0 Å². The molecule has 5 heteroatoms. The molecule has 0 rings (SSSR count). The van der Waals surface area contributed by atoms with Crippen LogP contribution in [0, 0.1) is 0 Å². The third-order valence-corrected chi connectivity index (χ3v) is 3.89. The molecule has 0 aromatic carbocycles. The first-order valence-electron chi connectivity index (χ1n) is 9.28. The zero-order valence-electron chi connectivity index (χ0n) is 15.1. The van der Waals surface area contributed by atoms with Crippen molar-refractivity contribution in [3.05, 3.63) is 12.2 Å². The van der Waals surface area contributed by atoms with Crippen LogP contribution < -0.4 is 0 Å². The molecule has 0 spiro atoms. The lowest BCUT2D eigenvalue weighted by atomic mass is 10.1. The van der Waals surface area contributed by atoms with Gasteiger partial charge in [0, 0.05) is 18.0 Å². The van der Waals surface area contributed by atoms with Crippen LogP contribution in [0.5, 0.6) is 0 Å². The lowest BCUT2D eigenvalue weighted by Crippen LogP contribution is -2.06. The normalized spacial score (nSPS) is 10.9. The summed E-state index contributed by atoms with van der Waals surface area (Å²) in [6, 6.07) is 0. The number of rotatable bonds is 16. The minimum atomic E-state index is -0.489. The molecule has 0 aromatic rings. The highest BCUT2D eigenvalue weighted by Gasteiger charge is 2.01. The molecule has 0 heterocycles. The highest BCUT2D eigenvalue weighted by atomic mass is 35.5. The standard InChI is InChI=1S/C19H33ClO4/c1-2-3-4-8-11-16-23-18(21)13-14-19(22)24-17-12-9-6-5-7-10-15-20/h13-14H,2-12,15-17H2,1H3/b14-13+. The molecule has 0 aromatic heterocycles. The summed E-state index contributed by atoms with van der Waals surface area (Å²) in [6.07, 6.45) is 14.2. The van der Waals surface area contributed by atoms with Crippen molar-refractivity contribution in [3.63, 3.8) is 0 Å². The summed E-state index contributed by atoms with van der Waals surface area (Å²) in [5.74, 6) is -0.246. The van der Waals surface area contributed by atoms with Crippen molar-refractivity contribution in [2.24, 2.45) is 0 Å². The van der Waals surface area contributed by atoms with Gasteiger partial charge in [-0.25, -0.2) is 9.59 Å². The number of halogens is 1. The van der Waals surface area contributed by atoms with Crippen molar-refractivity contribution in [2.45, 2.75) is 77.6 Å². The zero-order valence-corrected chi connectivity index (χ0v) is 15.8. The minimum Gasteiger partial charge on any atom is -0.463 e. The summed E-state index contributed by atoms with van der Waals surface area (Å²) in [7, 11) is 0. The van der Waals surface area contributed by atoms with Crippen LogP contribution in [0.1, 0.15) is 77.6 Å². The Morgan fingerprint density at radius 3 is 1.58 bits per heavy atom. The second-order valence-corrected chi connectivity index (χ2v) is 6.27. The van der Waals surface area contributed by atoms with Gasteiger partial charge in [0.25, 0.3) is 0 Å². The molecular weight excluding hydrogens is 328 g/mol. The number of hydrogen-bond donors (Lipinski definition) is 0. The van der Waals surface area contributed by atoms with Crippen molar-refractivity contribution < 1.29 is 19.1 Å². The molecular formula is C19H33ClO4. The lowest BCUT2D eigenvalue weighted by molar-refractivity contribution is -0.140. The van der Waals surface area contributed by atoms with E-state index in [1.165, 1.54) is 25.7 Å². The summed E-state index contributed by atoms with van der Waals surface area (Å²) in [4.78, 5) is 22.8. The Bertz CT molecular complexity index is 342. The first kappa shape index (κ1) is 23.0. The fraction of sp³-hybridized carbons (Fsp3) is 0.789. The molecule has 0 saturated carbocycles. The van der Waals surface area contributed by atoms with Gasteiger partial charge in [-0.3, -0.25) is 0 Å². The molecule has 0 fully saturated rings. The number of alkyl halides is 1. The number of carbonyl (C=O) groups is 2. The Morgan fingerprint density at radius 2 is 1.12 bits per heavy atom. The molecule has 0 saturated heterocycles. The molecule has 0 aliphatic carbocycles. The van der Waals surface area contributed by atoms with Crippen molar-refractivity contribution in [3.8, 4) is 0 Å². The summed E-state index contributed by atoms with van der Waals surface area (Å²) >= 11 is 5.61. The Balaban J connectivity index is 3.47. The maximum Gasteiger partial charge on any atom is 0.331 e. The van der Waals surface area contributed by atoms with Crippen LogP contribution in [0.25, 0.3) is 0 Å². The number of ether oxygens (including phenoxy) is 2. The molecule has 4 nitrogen and oxygen atoms in total. The van der Waals surface area contributed by atoms with E-state index in [0.29, 0.717) is 13.2 Å². The van der Waals surface area contributed by atoms with Gasteiger partial charge in [0.05, 0.1) is 13.2 Å². The molecule has 0 atom stereocenters. The Kier molecular flexibility index (Phi) is 17.5. The summed E-state index contributed by atoms with van der Waals surface area (Å²) < 4.78 is 10.1. The highest BCUT2D eigenvalue weighted by Crippen LogP contribution is 2.06. The van der Waals surface area contributed by atoms with Gasteiger partial charge in [-0.2, -0.15) is 0 Å². The van der Waals surface area contributed by atoms with E-state index in [0.717, 1.165) is 63.0 Å². The van der Waals surface area contributed by atoms with E-state index in [2.05, 4.69) is 6.92 Å². The van der Waals surface area contributed by atoms with E-state index in [1.54, 1.807) is 0 Å². The van der Waals surface area contributed by atoms with Gasteiger partial charge >= 0.3 is 11.9 Å². The fourth-order valence-corrected chi connectivity index (χ4v) is 2.38. The van der Waals surface area contributed by atoms with Crippen LogP contribution >= 0.6 is 11.6 Å². The molecule has 0 aliphatic rings. The SMILES string of the molecule is CCCCCCCOC(=O)/C=C/C(=O)OCCCCCCCCCl. The van der Waals surface area contributed by atoms with Gasteiger partial charge in [0.1, 0.15) is 0 Å². The lowest BCUT2D eigenvalue weighted by Gasteiger charge is -2.03. The van der Waals surface area contributed by atoms with Gasteiger partial charge in [0.2, 0.25) is 0 Å². The predicted molar refractivity (Wildman–Crippen MR) is 98.2 cm³/mol. The van der Waals surface area contributed by atoms with Gasteiger partial charge in [-0.05, 0) is 19.3 Å². The Labute approximate surface area is 151 Å². The topological polar surface area (TPSA) is 52.6 Å². The largest absolute Gasteiger partial charge is 0.463 e. The molecule has 0 unspecified atom stereocenters. The average Bonchev–Trinajstić information content (AvgIpc) is 2.58. The van der Waals surface area contributed by atoms with Crippen LogP contribution in [0.3, 0.4) is 0 Å². The summed E-state index contributed by atoms with van der Waals surface area (Å²) in [6.45, 7) is 2.96. The Morgan fingerprint density at radius 1 is 0.708 bits per heavy atom. The van der Waals surface area contributed by atoms with Crippen LogP contribution in [-0.4, -0.2) is 31.0 Å². The zero-order chi connectivity index (χ0) is 17.9. The van der Waals surface area contributed by atoms with Gasteiger partial charge in [-0.1, -0.05) is 58.3 Å². The minimum absolute atomic E-state index is 0.394. The maximum absolute atomic E-state index is 11.4. The van der Waals surface area contributed by atoms with Gasteiger partial charge < -0.3 is 9.47 Å². The Hall–Kier alpha value is -1.03. The summed E-state index contributed by atoms with van der Waals surface area (Å²) in [5, 5.41) is 0. The predicted octanol–water partition coefficient (Wildman–Crippen LogP) is 5.18. The smallest absolute Gasteiger partial charge is 0.331 e. The van der Waals surface area contributed by atoms with Crippen molar-refractivity contribution in [1.29, 1.82) is 0 Å². The van der Waals surface area contributed by atoms with Gasteiger partial charge in [0.15, 0.2) is 0 Å². The first-order chi connectivity index (χ1) is 11.7. The number of carbonyl (C=O) groups excluding carboxylic acids is 2. The number of esters is 2. The number of unbranched alkanes of at least 4 members (excludes halogenated alkanes) is 9. The highest BCUT2D eigenvalue weighted by molar-refractivity contribution is 6.17. The molecule has 0 radical (unpaired) electrons. The van der Waals surface area contributed by atoms with E-state index in [1.807, 2.05) is 0 Å². The third kappa shape index (κ3) is 17.3. The summed E-state index contributed by atoms with van der Waals surface area (Å²) in [5.41, 5.74) is 0. The van der Waals surface area contributed by atoms with E-state index in [-0.39, 0.29) is 0 Å². The molecule has 24 heavy (non-hydrogen) atoms. The van der Waals surface area contributed by atoms with Crippen molar-refractivity contribution in [2.75, 3.05) is 19.1 Å². The monoisotopic (exact) mass is 360 g/mol. The van der Waals surface area contributed by atoms with E-state index in [4.69, 9.17) is 21.1 Å². The molecule has 140 valence electrons. The van der Waals surface area contributed by atoms with E-state index < -0.39 is 11.9 Å². The van der Waals surface area contributed by atoms with E-state index in [9.17, 15) is 9.59 Å². The van der Waals surface area contributed by atoms with Crippen LogP contribution in [0.2, 0.25) is 0 Å². The average molecular weight is 361 g/mol. The second-order valence-electron chi connectivity index (χ2n) is 5.89. The second kappa shape index (κ2) is 18.3. The molecule has 0 bridgehead atoms. The van der Waals surface area contributed by atoms with Crippen molar-refractivity contribution >= 4 is 23.5 Å². The number of hydrogen-bond acceptors (Lipinski definition) is 4. The molecule has 0 aliphatic heterocycles. The fourth-order valence-electron chi connectivity index (χ4n) is 2.19. The third-order valence-electron chi connectivity index (χ3n) is 3.62. The quantitative estimate of drug-likeness (QED) is 0.165. The van der Waals surface area contributed by atoms with Crippen LogP contribution in [0.4, 0.5) is 0 Å². The van der Waals surface area contributed by atoms with E-state index >= 15 is 0 Å². The molecule has 0 N–H and O–H groups in total. The maximum atomic E-state index is 11.4. The molecule has 0 amide bonds.